The molecule has 0 aliphatic rings. The number of hydrogen-bond acceptors (Lipinski definition) is 5. The van der Waals surface area contributed by atoms with E-state index in [2.05, 4.69) is 21.5 Å². The zero-order chi connectivity index (χ0) is 11.5. The lowest BCUT2D eigenvalue weighted by Crippen LogP contribution is -2.04. The smallest absolute Gasteiger partial charge is 0.221 e. The Morgan fingerprint density at radius 3 is 3.00 bits per heavy atom. The van der Waals surface area contributed by atoms with Crippen molar-refractivity contribution in [2.45, 2.75) is 13.5 Å². The van der Waals surface area contributed by atoms with Gasteiger partial charge in [0, 0.05) is 17.3 Å². The Morgan fingerprint density at radius 1 is 1.62 bits per heavy atom. The van der Waals surface area contributed by atoms with E-state index in [4.69, 9.17) is 5.26 Å². The van der Waals surface area contributed by atoms with E-state index in [1.165, 1.54) is 0 Å². The van der Waals surface area contributed by atoms with Crippen LogP contribution in [0.5, 0.6) is 0 Å². The molecule has 0 saturated carbocycles. The summed E-state index contributed by atoms with van der Waals surface area (Å²) >= 11 is 1.56. The Balaban J connectivity index is 2.02. The molecular weight excluding hydrogens is 222 g/mol. The molecule has 2 rings (SSSR count). The normalized spacial score (nSPS) is 10.1. The van der Waals surface area contributed by atoms with Crippen molar-refractivity contribution in [2.24, 2.45) is 7.05 Å². The summed E-state index contributed by atoms with van der Waals surface area (Å²) < 4.78 is 1.70. The maximum atomic E-state index is 8.69. The standard InChI is InChI=1S/C10H11N5S/c1-7-13-10(15(2)14-7)12-5-9-3-8(4-11)6-16-9/h3,6H,5H2,1-2H3,(H,12,13,14). The van der Waals surface area contributed by atoms with Gasteiger partial charge in [0.15, 0.2) is 0 Å². The first kappa shape index (κ1) is 10.6. The molecule has 0 amide bonds. The van der Waals surface area contributed by atoms with Crippen molar-refractivity contribution >= 4 is 17.3 Å². The van der Waals surface area contributed by atoms with Crippen LogP contribution in [0.1, 0.15) is 16.3 Å². The third-order valence-electron chi connectivity index (χ3n) is 2.07. The summed E-state index contributed by atoms with van der Waals surface area (Å²) in [5.41, 5.74) is 0.705. The fraction of sp³-hybridized carbons (Fsp3) is 0.300. The van der Waals surface area contributed by atoms with Crippen molar-refractivity contribution in [2.75, 3.05) is 5.32 Å². The maximum absolute atomic E-state index is 8.69. The molecule has 0 spiro atoms. The van der Waals surface area contributed by atoms with Crippen LogP contribution in [-0.4, -0.2) is 14.8 Å². The van der Waals surface area contributed by atoms with Gasteiger partial charge in [-0.1, -0.05) is 0 Å². The number of anilines is 1. The van der Waals surface area contributed by atoms with Crippen LogP contribution >= 0.6 is 11.3 Å². The number of aryl methyl sites for hydroxylation is 2. The molecule has 0 saturated heterocycles. The second-order valence-electron chi connectivity index (χ2n) is 3.37. The Morgan fingerprint density at radius 2 is 2.44 bits per heavy atom. The van der Waals surface area contributed by atoms with E-state index in [1.54, 1.807) is 16.0 Å². The molecule has 2 heterocycles. The molecule has 2 aromatic rings. The fourth-order valence-electron chi connectivity index (χ4n) is 1.36. The van der Waals surface area contributed by atoms with E-state index in [0.717, 1.165) is 16.6 Å². The predicted octanol–water partition coefficient (Wildman–Crippen LogP) is 1.67. The number of thiophene rings is 1. The largest absolute Gasteiger partial charge is 0.350 e. The van der Waals surface area contributed by atoms with E-state index in [9.17, 15) is 0 Å². The van der Waals surface area contributed by atoms with Gasteiger partial charge in [-0.15, -0.1) is 11.3 Å². The SMILES string of the molecule is Cc1nc(NCc2cc(C#N)cs2)n(C)n1. The molecule has 0 atom stereocenters. The van der Waals surface area contributed by atoms with Crippen molar-refractivity contribution in [3.05, 3.63) is 27.7 Å². The minimum atomic E-state index is 0.665. The van der Waals surface area contributed by atoms with Gasteiger partial charge in [0.05, 0.1) is 12.1 Å². The quantitative estimate of drug-likeness (QED) is 0.875. The third kappa shape index (κ3) is 2.20. The van der Waals surface area contributed by atoms with Gasteiger partial charge in [0.1, 0.15) is 11.9 Å². The number of nitriles is 1. The Labute approximate surface area is 97.4 Å². The number of rotatable bonds is 3. The van der Waals surface area contributed by atoms with Gasteiger partial charge in [-0.05, 0) is 13.0 Å². The number of aromatic nitrogens is 3. The summed E-state index contributed by atoms with van der Waals surface area (Å²) in [5.74, 6) is 1.48. The Bertz CT molecular complexity index is 534. The average molecular weight is 233 g/mol. The van der Waals surface area contributed by atoms with Crippen LogP contribution < -0.4 is 5.32 Å². The first-order valence-corrected chi connectivity index (χ1v) is 5.66. The first-order valence-electron chi connectivity index (χ1n) is 4.78. The molecule has 0 bridgehead atoms. The lowest BCUT2D eigenvalue weighted by atomic mass is 10.3. The van der Waals surface area contributed by atoms with Crippen LogP contribution in [0, 0.1) is 18.3 Å². The second kappa shape index (κ2) is 4.33. The van der Waals surface area contributed by atoms with Crippen molar-refractivity contribution in [3.8, 4) is 6.07 Å². The van der Waals surface area contributed by atoms with E-state index >= 15 is 0 Å². The highest BCUT2D eigenvalue weighted by molar-refractivity contribution is 7.10. The molecule has 0 fully saturated rings. The van der Waals surface area contributed by atoms with E-state index in [0.29, 0.717) is 12.1 Å². The minimum absolute atomic E-state index is 0.665. The van der Waals surface area contributed by atoms with Crippen LogP contribution in [-0.2, 0) is 13.6 Å². The van der Waals surface area contributed by atoms with Crippen molar-refractivity contribution < 1.29 is 0 Å². The zero-order valence-corrected chi connectivity index (χ0v) is 9.88. The Hall–Kier alpha value is -1.87. The lowest BCUT2D eigenvalue weighted by Gasteiger charge is -2.01. The van der Waals surface area contributed by atoms with Crippen molar-refractivity contribution in [3.63, 3.8) is 0 Å². The summed E-state index contributed by atoms with van der Waals surface area (Å²) in [6.45, 7) is 2.52. The summed E-state index contributed by atoms with van der Waals surface area (Å²) in [6, 6.07) is 3.99. The van der Waals surface area contributed by atoms with Gasteiger partial charge in [0.2, 0.25) is 5.95 Å². The van der Waals surface area contributed by atoms with Crippen LogP contribution in [0.3, 0.4) is 0 Å². The topological polar surface area (TPSA) is 66.5 Å². The zero-order valence-electron chi connectivity index (χ0n) is 9.06. The van der Waals surface area contributed by atoms with Gasteiger partial charge < -0.3 is 5.32 Å². The number of nitrogens with one attached hydrogen (secondary N) is 1. The highest BCUT2D eigenvalue weighted by Gasteiger charge is 2.04. The average Bonchev–Trinajstić information content (AvgIpc) is 2.82. The molecule has 0 aliphatic carbocycles. The highest BCUT2D eigenvalue weighted by atomic mass is 32.1. The van der Waals surface area contributed by atoms with Crippen LogP contribution in [0.15, 0.2) is 11.4 Å². The van der Waals surface area contributed by atoms with E-state index < -0.39 is 0 Å². The molecule has 82 valence electrons. The third-order valence-corrected chi connectivity index (χ3v) is 3.01. The lowest BCUT2D eigenvalue weighted by molar-refractivity contribution is 0.758. The van der Waals surface area contributed by atoms with Crippen LogP contribution in [0.25, 0.3) is 0 Å². The predicted molar refractivity (Wildman–Crippen MR) is 62.1 cm³/mol. The van der Waals surface area contributed by atoms with Gasteiger partial charge in [-0.3, -0.25) is 0 Å². The van der Waals surface area contributed by atoms with Crippen molar-refractivity contribution in [1.29, 1.82) is 5.26 Å². The molecular formula is C10H11N5S. The molecule has 2 aromatic heterocycles. The van der Waals surface area contributed by atoms with E-state index in [-0.39, 0.29) is 0 Å². The van der Waals surface area contributed by atoms with Crippen LogP contribution in [0.2, 0.25) is 0 Å². The number of hydrogen-bond donors (Lipinski definition) is 1. The van der Waals surface area contributed by atoms with Gasteiger partial charge in [-0.2, -0.15) is 15.3 Å². The molecule has 6 heteroatoms. The van der Waals surface area contributed by atoms with Gasteiger partial charge in [-0.25, -0.2) is 4.68 Å². The summed E-state index contributed by atoms with van der Waals surface area (Å²) in [4.78, 5) is 5.34. The van der Waals surface area contributed by atoms with Gasteiger partial charge in [0.25, 0.3) is 0 Å². The molecule has 0 aliphatic heterocycles. The summed E-state index contributed by atoms with van der Waals surface area (Å²) in [5, 5.41) is 17.9. The minimum Gasteiger partial charge on any atom is -0.350 e. The summed E-state index contributed by atoms with van der Waals surface area (Å²) in [6.07, 6.45) is 0. The molecule has 16 heavy (non-hydrogen) atoms. The maximum Gasteiger partial charge on any atom is 0.221 e. The highest BCUT2D eigenvalue weighted by Crippen LogP contribution is 2.15. The van der Waals surface area contributed by atoms with E-state index in [1.807, 2.05) is 25.4 Å². The summed E-state index contributed by atoms with van der Waals surface area (Å²) in [7, 11) is 1.84. The second-order valence-corrected chi connectivity index (χ2v) is 4.37. The molecule has 0 aromatic carbocycles. The molecule has 0 radical (unpaired) electrons. The molecule has 5 nitrogen and oxygen atoms in total. The van der Waals surface area contributed by atoms with Crippen LogP contribution in [0.4, 0.5) is 5.95 Å². The number of nitrogens with zero attached hydrogens (tertiary/aromatic N) is 4. The van der Waals surface area contributed by atoms with Crippen molar-refractivity contribution in [1.82, 2.24) is 14.8 Å². The Kier molecular flexibility index (Phi) is 2.88. The molecule has 0 unspecified atom stereocenters. The van der Waals surface area contributed by atoms with Gasteiger partial charge >= 0.3 is 0 Å². The fourth-order valence-corrected chi connectivity index (χ4v) is 2.11. The monoisotopic (exact) mass is 233 g/mol. The first-order chi connectivity index (χ1) is 7.69. The molecule has 1 N–H and O–H groups in total.